The molecule has 0 amide bonds. The number of nitrogens with one attached hydrogen (secondary N) is 1. The summed E-state index contributed by atoms with van der Waals surface area (Å²) in [6, 6.07) is 7.65. The molecule has 0 saturated carbocycles. The van der Waals surface area contributed by atoms with E-state index in [9.17, 15) is 0 Å². The molecule has 1 aromatic carbocycles. The minimum absolute atomic E-state index is 0.0967. The topological polar surface area (TPSA) is 67.7 Å². The van der Waals surface area contributed by atoms with Gasteiger partial charge in [-0.05, 0) is 18.1 Å². The molecule has 0 atom stereocenters. The van der Waals surface area contributed by atoms with Crippen molar-refractivity contribution in [1.82, 2.24) is 9.78 Å². The Bertz CT molecular complexity index is 513. The predicted octanol–water partition coefficient (Wildman–Crippen LogP) is 1.52. The van der Waals surface area contributed by atoms with Gasteiger partial charge in [-0.3, -0.25) is 10.1 Å². The molecule has 16 heavy (non-hydrogen) atoms. The summed E-state index contributed by atoms with van der Waals surface area (Å²) >= 11 is 0. The molecule has 0 aliphatic heterocycles. The van der Waals surface area contributed by atoms with Crippen LogP contribution in [0.1, 0.15) is 16.7 Å². The zero-order chi connectivity index (χ0) is 11.5. The van der Waals surface area contributed by atoms with Crippen LogP contribution in [0.4, 0.5) is 0 Å². The maximum absolute atomic E-state index is 7.50. The van der Waals surface area contributed by atoms with Crippen LogP contribution in [0.2, 0.25) is 0 Å². The Labute approximate surface area is 94.2 Å². The molecule has 0 bridgehead atoms. The molecule has 2 rings (SSSR count). The summed E-state index contributed by atoms with van der Waals surface area (Å²) in [7, 11) is 0. The summed E-state index contributed by atoms with van der Waals surface area (Å²) in [5, 5.41) is 11.7. The quantitative estimate of drug-likeness (QED) is 0.601. The van der Waals surface area contributed by atoms with Gasteiger partial charge in [0, 0.05) is 11.8 Å². The Kier molecular flexibility index (Phi) is 2.72. The average Bonchev–Trinajstić information content (AvgIpc) is 2.64. The molecule has 0 fully saturated rings. The van der Waals surface area contributed by atoms with E-state index < -0.39 is 0 Å². The van der Waals surface area contributed by atoms with Crippen molar-refractivity contribution in [3.05, 3.63) is 53.3 Å². The molecule has 0 spiro atoms. The molecule has 0 unspecified atom stereocenters. The number of hydrogen-bond donors (Lipinski definition) is 2. The van der Waals surface area contributed by atoms with Crippen molar-refractivity contribution in [3.63, 3.8) is 0 Å². The Balaban J connectivity index is 2.31. The highest BCUT2D eigenvalue weighted by Gasteiger charge is 2.05. The molecular weight excluding hydrogens is 200 g/mol. The van der Waals surface area contributed by atoms with Crippen LogP contribution in [0.3, 0.4) is 0 Å². The van der Waals surface area contributed by atoms with Crippen LogP contribution in [0.5, 0.6) is 0 Å². The zero-order valence-electron chi connectivity index (χ0n) is 9.14. The second kappa shape index (κ2) is 4.18. The lowest BCUT2D eigenvalue weighted by atomic mass is 10.1. The van der Waals surface area contributed by atoms with Gasteiger partial charge < -0.3 is 5.73 Å². The number of aromatic nitrogens is 2. The first-order valence-corrected chi connectivity index (χ1v) is 5.08. The minimum atomic E-state index is 0.0967. The van der Waals surface area contributed by atoms with Crippen LogP contribution in [0.15, 0.2) is 36.7 Å². The van der Waals surface area contributed by atoms with Crippen molar-refractivity contribution in [2.75, 3.05) is 0 Å². The zero-order valence-corrected chi connectivity index (χ0v) is 9.14. The number of nitrogen functional groups attached to an aromatic ring is 1. The van der Waals surface area contributed by atoms with Crippen molar-refractivity contribution in [2.24, 2.45) is 5.73 Å². The second-order valence-electron chi connectivity index (χ2n) is 3.79. The molecule has 0 saturated heterocycles. The van der Waals surface area contributed by atoms with Crippen LogP contribution < -0.4 is 5.73 Å². The van der Waals surface area contributed by atoms with E-state index in [0.717, 1.165) is 16.7 Å². The summed E-state index contributed by atoms with van der Waals surface area (Å²) in [4.78, 5) is 0. The average molecular weight is 214 g/mol. The van der Waals surface area contributed by atoms with Crippen molar-refractivity contribution < 1.29 is 0 Å². The summed E-state index contributed by atoms with van der Waals surface area (Å²) in [5.41, 5.74) is 8.44. The molecule has 2 aromatic rings. The summed E-state index contributed by atoms with van der Waals surface area (Å²) in [5.74, 6) is 0.0967. The van der Waals surface area contributed by atoms with E-state index in [0.29, 0.717) is 6.54 Å². The first-order valence-electron chi connectivity index (χ1n) is 5.08. The molecule has 4 heteroatoms. The first-order chi connectivity index (χ1) is 7.66. The van der Waals surface area contributed by atoms with Crippen molar-refractivity contribution in [1.29, 1.82) is 5.41 Å². The molecule has 0 radical (unpaired) electrons. The van der Waals surface area contributed by atoms with E-state index in [1.54, 1.807) is 0 Å². The van der Waals surface area contributed by atoms with Crippen LogP contribution in [-0.2, 0) is 6.54 Å². The van der Waals surface area contributed by atoms with Crippen LogP contribution >= 0.6 is 0 Å². The highest BCUT2D eigenvalue weighted by Crippen LogP contribution is 2.10. The van der Waals surface area contributed by atoms with Gasteiger partial charge in [-0.2, -0.15) is 5.10 Å². The van der Waals surface area contributed by atoms with Gasteiger partial charge in [0.25, 0.3) is 0 Å². The first kappa shape index (κ1) is 10.4. The number of hydrogen-bond acceptors (Lipinski definition) is 2. The molecule has 3 N–H and O–H groups in total. The minimum Gasteiger partial charge on any atom is -0.384 e. The van der Waals surface area contributed by atoms with E-state index in [2.05, 4.69) is 5.10 Å². The van der Waals surface area contributed by atoms with E-state index in [1.807, 2.05) is 48.3 Å². The highest BCUT2D eigenvalue weighted by molar-refractivity contribution is 5.96. The number of nitrogens with zero attached hydrogens (tertiary/aromatic N) is 2. The molecule has 0 aliphatic rings. The lowest BCUT2D eigenvalue weighted by molar-refractivity contribution is 0.685. The normalized spacial score (nSPS) is 10.3. The fraction of sp³-hybridized carbons (Fsp3) is 0.167. The van der Waals surface area contributed by atoms with Gasteiger partial charge in [-0.1, -0.05) is 24.3 Å². The van der Waals surface area contributed by atoms with Gasteiger partial charge in [0.2, 0.25) is 0 Å². The van der Waals surface area contributed by atoms with Crippen LogP contribution in [0.25, 0.3) is 0 Å². The van der Waals surface area contributed by atoms with Crippen molar-refractivity contribution >= 4 is 5.84 Å². The molecule has 1 aromatic heterocycles. The van der Waals surface area contributed by atoms with Crippen LogP contribution in [0, 0.1) is 12.3 Å². The Morgan fingerprint density at radius 1 is 1.44 bits per heavy atom. The monoisotopic (exact) mass is 214 g/mol. The third-order valence-electron chi connectivity index (χ3n) is 2.40. The SMILES string of the molecule is Cc1cnn(Cc2ccccc2C(=N)N)c1. The fourth-order valence-corrected chi connectivity index (χ4v) is 1.65. The van der Waals surface area contributed by atoms with Crippen LogP contribution in [-0.4, -0.2) is 15.6 Å². The Morgan fingerprint density at radius 2 is 2.19 bits per heavy atom. The molecular formula is C12H14N4. The largest absolute Gasteiger partial charge is 0.384 e. The summed E-state index contributed by atoms with van der Waals surface area (Å²) < 4.78 is 1.84. The highest BCUT2D eigenvalue weighted by atomic mass is 15.3. The molecule has 82 valence electrons. The number of nitrogens with two attached hydrogens (primary N) is 1. The predicted molar refractivity (Wildman–Crippen MR) is 63.5 cm³/mol. The number of amidine groups is 1. The lowest BCUT2D eigenvalue weighted by Crippen LogP contribution is -2.15. The number of rotatable bonds is 3. The van der Waals surface area contributed by atoms with Crippen molar-refractivity contribution in [2.45, 2.75) is 13.5 Å². The van der Waals surface area contributed by atoms with Gasteiger partial charge in [0.1, 0.15) is 5.84 Å². The Hall–Kier alpha value is -2.10. The molecule has 0 aliphatic carbocycles. The standard InChI is InChI=1S/C12H14N4/c1-9-6-15-16(7-9)8-10-4-2-3-5-11(10)12(13)14/h2-7H,8H2,1H3,(H3,13,14). The van der Waals surface area contributed by atoms with E-state index in [4.69, 9.17) is 11.1 Å². The van der Waals surface area contributed by atoms with E-state index >= 15 is 0 Å². The third-order valence-corrected chi connectivity index (χ3v) is 2.40. The number of benzene rings is 1. The number of aryl methyl sites for hydroxylation is 1. The molecule has 1 heterocycles. The fourth-order valence-electron chi connectivity index (χ4n) is 1.65. The van der Waals surface area contributed by atoms with Gasteiger partial charge in [0.05, 0.1) is 12.7 Å². The smallest absolute Gasteiger partial charge is 0.123 e. The van der Waals surface area contributed by atoms with Crippen molar-refractivity contribution in [3.8, 4) is 0 Å². The van der Waals surface area contributed by atoms with Gasteiger partial charge in [0.15, 0.2) is 0 Å². The van der Waals surface area contributed by atoms with Gasteiger partial charge >= 0.3 is 0 Å². The maximum atomic E-state index is 7.50. The second-order valence-corrected chi connectivity index (χ2v) is 3.79. The lowest BCUT2D eigenvalue weighted by Gasteiger charge is -2.07. The summed E-state index contributed by atoms with van der Waals surface area (Å²) in [6.07, 6.45) is 3.79. The Morgan fingerprint density at radius 3 is 2.81 bits per heavy atom. The third kappa shape index (κ3) is 2.11. The summed E-state index contributed by atoms with van der Waals surface area (Å²) in [6.45, 7) is 2.64. The van der Waals surface area contributed by atoms with Gasteiger partial charge in [-0.15, -0.1) is 0 Å². The maximum Gasteiger partial charge on any atom is 0.123 e. The molecule has 4 nitrogen and oxygen atoms in total. The van der Waals surface area contributed by atoms with E-state index in [-0.39, 0.29) is 5.84 Å². The van der Waals surface area contributed by atoms with E-state index in [1.165, 1.54) is 0 Å². The van der Waals surface area contributed by atoms with Gasteiger partial charge in [-0.25, -0.2) is 0 Å².